The van der Waals surface area contributed by atoms with Crippen molar-refractivity contribution in [3.63, 3.8) is 0 Å². The second-order valence-electron chi connectivity index (χ2n) is 3.57. The number of hydrogen-bond donors (Lipinski definition) is 4. The number of carbonyl (C=O) groups excluding carboxylic acids is 2. The van der Waals surface area contributed by atoms with Gasteiger partial charge in [0, 0.05) is 11.8 Å². The quantitative estimate of drug-likeness (QED) is 0.254. The molecule has 1 aliphatic rings. The van der Waals surface area contributed by atoms with Crippen LogP contribution < -0.4 is 22.5 Å². The van der Waals surface area contributed by atoms with E-state index >= 15 is 0 Å². The highest BCUT2D eigenvalue weighted by atomic mass is 16.2. The Morgan fingerprint density at radius 2 is 1.14 bits per heavy atom. The summed E-state index contributed by atoms with van der Waals surface area (Å²) < 4.78 is 0. The van der Waals surface area contributed by atoms with Crippen LogP contribution in [0.1, 0.15) is 25.7 Å². The second-order valence-corrected chi connectivity index (χ2v) is 3.57. The van der Waals surface area contributed by atoms with Crippen LogP contribution in [0.5, 0.6) is 0 Å². The van der Waals surface area contributed by atoms with E-state index in [2.05, 4.69) is 10.9 Å². The number of carbonyl (C=O) groups is 2. The van der Waals surface area contributed by atoms with Gasteiger partial charge in [-0.3, -0.25) is 20.4 Å². The Bertz CT molecular complexity index is 199. The molecule has 2 amide bonds. The molecule has 6 heteroatoms. The van der Waals surface area contributed by atoms with E-state index in [-0.39, 0.29) is 23.7 Å². The number of hydrazine groups is 2. The molecule has 0 aromatic rings. The largest absolute Gasteiger partial charge is 0.294 e. The van der Waals surface area contributed by atoms with E-state index in [9.17, 15) is 9.59 Å². The summed E-state index contributed by atoms with van der Waals surface area (Å²) in [5, 5.41) is 0. The van der Waals surface area contributed by atoms with E-state index in [1.165, 1.54) is 0 Å². The van der Waals surface area contributed by atoms with Crippen LogP contribution in [0, 0.1) is 11.8 Å². The van der Waals surface area contributed by atoms with E-state index in [1.807, 2.05) is 0 Å². The lowest BCUT2D eigenvalue weighted by molar-refractivity contribution is -0.130. The minimum absolute atomic E-state index is 0.0539. The highest BCUT2D eigenvalue weighted by Crippen LogP contribution is 2.28. The van der Waals surface area contributed by atoms with E-state index in [0.29, 0.717) is 25.7 Å². The maximum absolute atomic E-state index is 11.2. The van der Waals surface area contributed by atoms with Crippen LogP contribution >= 0.6 is 0 Å². The first kappa shape index (κ1) is 10.9. The van der Waals surface area contributed by atoms with Crippen molar-refractivity contribution in [1.29, 1.82) is 0 Å². The number of nitrogens with one attached hydrogen (secondary N) is 2. The molecule has 0 aromatic heterocycles. The predicted octanol–water partition coefficient (Wildman–Crippen LogP) is -1.23. The van der Waals surface area contributed by atoms with Crippen LogP contribution in [-0.2, 0) is 9.59 Å². The molecule has 1 saturated carbocycles. The molecule has 0 bridgehead atoms. The zero-order chi connectivity index (χ0) is 10.6. The number of amides is 2. The van der Waals surface area contributed by atoms with Crippen molar-refractivity contribution in [3.8, 4) is 0 Å². The normalized spacial score (nSPS) is 26.7. The predicted molar refractivity (Wildman–Crippen MR) is 50.1 cm³/mol. The molecule has 0 unspecified atom stereocenters. The van der Waals surface area contributed by atoms with Crippen molar-refractivity contribution in [2.45, 2.75) is 25.7 Å². The van der Waals surface area contributed by atoms with Gasteiger partial charge in [-0.1, -0.05) is 0 Å². The van der Waals surface area contributed by atoms with Gasteiger partial charge in [-0.2, -0.15) is 0 Å². The van der Waals surface area contributed by atoms with Crippen LogP contribution in [0.3, 0.4) is 0 Å². The third-order valence-electron chi connectivity index (χ3n) is 2.75. The second kappa shape index (κ2) is 4.92. The van der Waals surface area contributed by atoms with Gasteiger partial charge in [0.05, 0.1) is 0 Å². The smallest absolute Gasteiger partial charge is 0.236 e. The first-order valence-electron chi connectivity index (χ1n) is 4.70. The van der Waals surface area contributed by atoms with Crippen LogP contribution in [-0.4, -0.2) is 11.8 Å². The summed E-state index contributed by atoms with van der Waals surface area (Å²) in [4.78, 5) is 22.3. The van der Waals surface area contributed by atoms with Crippen LogP contribution in [0.2, 0.25) is 0 Å². The van der Waals surface area contributed by atoms with Crippen molar-refractivity contribution >= 4 is 11.8 Å². The summed E-state index contributed by atoms with van der Waals surface area (Å²) in [5.41, 5.74) is 4.26. The van der Waals surface area contributed by atoms with Crippen molar-refractivity contribution in [1.82, 2.24) is 10.9 Å². The molecule has 1 fully saturated rings. The van der Waals surface area contributed by atoms with Gasteiger partial charge >= 0.3 is 0 Å². The summed E-state index contributed by atoms with van der Waals surface area (Å²) in [7, 11) is 0. The average Bonchev–Trinajstić information content (AvgIpc) is 2.27. The van der Waals surface area contributed by atoms with Gasteiger partial charge < -0.3 is 0 Å². The van der Waals surface area contributed by atoms with Gasteiger partial charge in [0.2, 0.25) is 11.8 Å². The standard InChI is InChI=1S/C8H16N4O2/c9-11-7(13)5-1-2-6(4-3-5)8(14)12-10/h5-6H,1-4,9-10H2,(H,11,13)(H,12,14)/t5-,6-. The first-order chi connectivity index (χ1) is 6.69. The topological polar surface area (TPSA) is 110 Å². The molecule has 1 aliphatic carbocycles. The van der Waals surface area contributed by atoms with Crippen molar-refractivity contribution in [3.05, 3.63) is 0 Å². The molecule has 0 atom stereocenters. The molecule has 0 saturated heterocycles. The third-order valence-corrected chi connectivity index (χ3v) is 2.75. The average molecular weight is 200 g/mol. The Morgan fingerprint density at radius 1 is 0.857 bits per heavy atom. The van der Waals surface area contributed by atoms with E-state index in [4.69, 9.17) is 11.7 Å². The fourth-order valence-electron chi connectivity index (χ4n) is 1.85. The van der Waals surface area contributed by atoms with E-state index in [0.717, 1.165) is 0 Å². The first-order valence-corrected chi connectivity index (χ1v) is 4.70. The molecule has 0 radical (unpaired) electrons. The summed E-state index contributed by atoms with van der Waals surface area (Å²) >= 11 is 0. The van der Waals surface area contributed by atoms with Gasteiger partial charge in [0.25, 0.3) is 0 Å². The zero-order valence-corrected chi connectivity index (χ0v) is 7.95. The fourth-order valence-corrected chi connectivity index (χ4v) is 1.85. The third kappa shape index (κ3) is 2.43. The van der Waals surface area contributed by atoms with Gasteiger partial charge in [-0.15, -0.1) is 0 Å². The minimum atomic E-state index is -0.142. The Labute approximate surface area is 82.3 Å². The Morgan fingerprint density at radius 3 is 1.36 bits per heavy atom. The zero-order valence-electron chi connectivity index (χ0n) is 7.95. The van der Waals surface area contributed by atoms with Gasteiger partial charge in [0.1, 0.15) is 0 Å². The molecule has 0 spiro atoms. The number of nitrogens with two attached hydrogens (primary N) is 2. The molecule has 1 rings (SSSR count). The summed E-state index contributed by atoms with van der Waals surface area (Å²) in [6, 6.07) is 0. The Hall–Kier alpha value is -1.14. The number of hydrogen-bond acceptors (Lipinski definition) is 4. The maximum Gasteiger partial charge on any atom is 0.236 e. The highest BCUT2D eigenvalue weighted by Gasteiger charge is 2.29. The number of rotatable bonds is 2. The molecular weight excluding hydrogens is 184 g/mol. The molecule has 14 heavy (non-hydrogen) atoms. The molecule has 6 N–H and O–H groups in total. The van der Waals surface area contributed by atoms with Crippen LogP contribution in [0.15, 0.2) is 0 Å². The van der Waals surface area contributed by atoms with Gasteiger partial charge in [0.15, 0.2) is 0 Å². The maximum atomic E-state index is 11.2. The van der Waals surface area contributed by atoms with Gasteiger partial charge in [-0.05, 0) is 25.7 Å². The Balaban J connectivity index is 2.38. The van der Waals surface area contributed by atoms with Crippen molar-refractivity contribution in [2.24, 2.45) is 23.5 Å². The van der Waals surface area contributed by atoms with Crippen molar-refractivity contribution < 1.29 is 9.59 Å². The lowest BCUT2D eigenvalue weighted by Gasteiger charge is -2.25. The molecule has 6 nitrogen and oxygen atoms in total. The molecule has 0 aromatic carbocycles. The van der Waals surface area contributed by atoms with Crippen LogP contribution in [0.25, 0.3) is 0 Å². The SMILES string of the molecule is NNC(=O)[C@H]1CC[C@H](C(=O)NN)CC1. The van der Waals surface area contributed by atoms with Gasteiger partial charge in [-0.25, -0.2) is 11.7 Å². The molecular formula is C8H16N4O2. The van der Waals surface area contributed by atoms with E-state index in [1.54, 1.807) is 0 Å². The van der Waals surface area contributed by atoms with E-state index < -0.39 is 0 Å². The molecule has 80 valence electrons. The monoisotopic (exact) mass is 200 g/mol. The Kier molecular flexibility index (Phi) is 3.84. The molecule has 0 heterocycles. The minimum Gasteiger partial charge on any atom is -0.294 e. The fraction of sp³-hybridized carbons (Fsp3) is 0.750. The lowest BCUT2D eigenvalue weighted by atomic mass is 9.81. The lowest BCUT2D eigenvalue weighted by Crippen LogP contribution is -2.41. The van der Waals surface area contributed by atoms with Crippen LogP contribution in [0.4, 0.5) is 0 Å². The summed E-state index contributed by atoms with van der Waals surface area (Å²) in [5.74, 6) is 9.66. The summed E-state index contributed by atoms with van der Waals surface area (Å²) in [6.45, 7) is 0. The molecule has 0 aliphatic heterocycles. The van der Waals surface area contributed by atoms with Crippen molar-refractivity contribution in [2.75, 3.05) is 0 Å². The summed E-state index contributed by atoms with van der Waals surface area (Å²) in [6.07, 6.45) is 2.78. The highest BCUT2D eigenvalue weighted by molar-refractivity contribution is 5.80.